The fraction of sp³-hybridized carbons (Fsp3) is 0.192. The second-order valence-electron chi connectivity index (χ2n) is 8.44. The number of benzene rings is 2. The lowest BCUT2D eigenvalue weighted by atomic mass is 10.0. The van der Waals surface area contributed by atoms with Gasteiger partial charge in [0.15, 0.2) is 10.4 Å². The topological polar surface area (TPSA) is 71.2 Å². The van der Waals surface area contributed by atoms with Gasteiger partial charge >= 0.3 is 0 Å². The molecular weight excluding hydrogens is 480 g/mol. The van der Waals surface area contributed by atoms with Crippen molar-refractivity contribution in [2.45, 2.75) is 24.7 Å². The number of ether oxygens (including phenoxy) is 2. The van der Waals surface area contributed by atoms with E-state index in [1.165, 1.54) is 0 Å². The third-order valence-corrected chi connectivity index (χ3v) is 5.66. The summed E-state index contributed by atoms with van der Waals surface area (Å²) in [6, 6.07) is 18.6. The largest absolute Gasteiger partial charge is 0.475 e. The number of aryl methyl sites for hydroxylation is 1. The summed E-state index contributed by atoms with van der Waals surface area (Å²) >= 11 is 8.29. The number of hydrogen-bond donors (Lipinski definition) is 2. The maximum Gasteiger partial charge on any atom is 0.264 e. The van der Waals surface area contributed by atoms with E-state index in [4.69, 9.17) is 9.47 Å². The van der Waals surface area contributed by atoms with Crippen LogP contribution in [0.3, 0.4) is 0 Å². The maximum atomic E-state index is 13.9. The van der Waals surface area contributed by atoms with E-state index in [9.17, 15) is 4.79 Å². The predicted molar refractivity (Wildman–Crippen MR) is 145 cm³/mol. The first-order valence-electron chi connectivity index (χ1n) is 11.1. The van der Waals surface area contributed by atoms with Crippen LogP contribution in [-0.2, 0) is 7.05 Å². The van der Waals surface area contributed by atoms with Crippen molar-refractivity contribution in [2.24, 2.45) is 7.05 Å². The van der Waals surface area contributed by atoms with Gasteiger partial charge in [-0.1, -0.05) is 6.07 Å². The Hall–Kier alpha value is -3.43. The zero-order valence-electron chi connectivity index (χ0n) is 19.4. The zero-order chi connectivity index (χ0) is 24.7. The Morgan fingerprint density at radius 2 is 1.69 bits per heavy atom. The van der Waals surface area contributed by atoms with Crippen LogP contribution < -0.4 is 15.0 Å². The smallest absolute Gasteiger partial charge is 0.264 e. The number of hydrogen-bond acceptors (Lipinski definition) is 7. The monoisotopic (exact) mass is 504 g/mol. The van der Waals surface area contributed by atoms with Crippen LogP contribution in [-0.4, -0.2) is 30.2 Å². The summed E-state index contributed by atoms with van der Waals surface area (Å²) in [5, 5.41) is 6.21. The van der Waals surface area contributed by atoms with E-state index in [1.54, 1.807) is 21.4 Å². The Balaban J connectivity index is 1.73. The number of thiol groups is 2. The number of rotatable bonds is 6. The number of aromatic nitrogens is 4. The molecule has 0 saturated heterocycles. The molecule has 0 unspecified atom stereocenters. The van der Waals surface area contributed by atoms with Gasteiger partial charge in [0.2, 0.25) is 5.88 Å². The van der Waals surface area contributed by atoms with Crippen molar-refractivity contribution in [3.05, 3.63) is 77.2 Å². The molecule has 2 aromatic carbocycles. The summed E-state index contributed by atoms with van der Waals surface area (Å²) in [5.74, 6) is 1.05. The van der Waals surface area contributed by atoms with Gasteiger partial charge in [0.25, 0.3) is 5.56 Å². The van der Waals surface area contributed by atoms with Crippen molar-refractivity contribution >= 4 is 47.2 Å². The van der Waals surface area contributed by atoms with Crippen LogP contribution in [0.1, 0.15) is 13.8 Å². The third kappa shape index (κ3) is 4.74. The molecule has 0 saturated carbocycles. The summed E-state index contributed by atoms with van der Waals surface area (Å²) < 4.78 is 14.1. The molecule has 7 nitrogen and oxygen atoms in total. The number of pyridine rings is 2. The van der Waals surface area contributed by atoms with Gasteiger partial charge in [-0.3, -0.25) is 14.0 Å². The fourth-order valence-corrected chi connectivity index (χ4v) is 4.28. The Morgan fingerprint density at radius 1 is 0.914 bits per heavy atom. The van der Waals surface area contributed by atoms with E-state index in [1.807, 2.05) is 75.6 Å². The SMILES string of the molecule is CC(C)Oc1ccc2cc(-c3ccc4nn(C)cc4c3)c(=O)n(-c3ccc(OC(S)S)cc3)c2n1. The van der Waals surface area contributed by atoms with Crippen molar-refractivity contribution < 1.29 is 9.47 Å². The fourth-order valence-electron chi connectivity index (χ4n) is 4.03. The van der Waals surface area contributed by atoms with E-state index in [-0.39, 0.29) is 11.7 Å². The van der Waals surface area contributed by atoms with E-state index in [2.05, 4.69) is 35.3 Å². The maximum absolute atomic E-state index is 13.9. The minimum atomic E-state index is -0.549. The van der Waals surface area contributed by atoms with Gasteiger partial charge in [0.05, 0.1) is 17.3 Å². The van der Waals surface area contributed by atoms with Crippen LogP contribution in [0.5, 0.6) is 11.6 Å². The molecule has 3 heterocycles. The molecule has 0 N–H and O–H groups in total. The second-order valence-corrected chi connectivity index (χ2v) is 9.79. The van der Waals surface area contributed by atoms with Crippen molar-refractivity contribution in [2.75, 3.05) is 0 Å². The van der Waals surface area contributed by atoms with Gasteiger partial charge in [-0.2, -0.15) is 10.1 Å². The predicted octanol–water partition coefficient (Wildman–Crippen LogP) is 5.25. The minimum Gasteiger partial charge on any atom is -0.475 e. The highest BCUT2D eigenvalue weighted by atomic mass is 32.2. The summed E-state index contributed by atoms with van der Waals surface area (Å²) in [4.78, 5) is 18.6. The molecule has 0 atom stereocenters. The van der Waals surface area contributed by atoms with Crippen LogP contribution in [0.4, 0.5) is 0 Å². The summed E-state index contributed by atoms with van der Waals surface area (Å²) in [6.07, 6.45) is 1.89. The van der Waals surface area contributed by atoms with E-state index < -0.39 is 4.77 Å². The molecular formula is C26H24N4O3S2. The van der Waals surface area contributed by atoms with Crippen LogP contribution in [0, 0.1) is 0 Å². The van der Waals surface area contributed by atoms with Crippen LogP contribution in [0.15, 0.2) is 71.7 Å². The third-order valence-electron chi connectivity index (χ3n) is 5.45. The van der Waals surface area contributed by atoms with E-state index in [0.717, 1.165) is 21.9 Å². The summed E-state index contributed by atoms with van der Waals surface area (Å²) in [5.41, 5.74) is 3.21. The van der Waals surface area contributed by atoms with Crippen LogP contribution in [0.2, 0.25) is 0 Å². The quantitative estimate of drug-likeness (QED) is 0.244. The van der Waals surface area contributed by atoms with Gasteiger partial charge < -0.3 is 9.47 Å². The molecule has 0 bridgehead atoms. The van der Waals surface area contributed by atoms with E-state index in [0.29, 0.717) is 28.5 Å². The minimum absolute atomic E-state index is 0.0440. The van der Waals surface area contributed by atoms with Gasteiger partial charge in [0.1, 0.15) is 5.75 Å². The lowest BCUT2D eigenvalue weighted by Crippen LogP contribution is -2.21. The summed E-state index contributed by atoms with van der Waals surface area (Å²) in [6.45, 7) is 3.87. The van der Waals surface area contributed by atoms with Gasteiger partial charge in [0, 0.05) is 35.6 Å². The molecule has 9 heteroatoms. The van der Waals surface area contributed by atoms with Crippen molar-refractivity contribution in [1.29, 1.82) is 0 Å². The molecule has 0 aliphatic carbocycles. The molecule has 0 aliphatic rings. The lowest BCUT2D eigenvalue weighted by molar-refractivity contribution is 0.233. The van der Waals surface area contributed by atoms with E-state index >= 15 is 0 Å². The van der Waals surface area contributed by atoms with Gasteiger partial charge in [-0.25, -0.2) is 0 Å². The molecule has 178 valence electrons. The second kappa shape index (κ2) is 9.31. The number of nitrogens with zero attached hydrogens (tertiary/aromatic N) is 4. The Kier molecular flexibility index (Phi) is 6.21. The Morgan fingerprint density at radius 3 is 2.40 bits per heavy atom. The first kappa shape index (κ1) is 23.3. The molecule has 0 radical (unpaired) electrons. The van der Waals surface area contributed by atoms with Crippen molar-refractivity contribution in [3.63, 3.8) is 0 Å². The molecule has 5 aromatic rings. The molecule has 3 aromatic heterocycles. The van der Waals surface area contributed by atoms with Crippen LogP contribution >= 0.6 is 25.3 Å². The van der Waals surface area contributed by atoms with Gasteiger partial charge in [-0.05, 0) is 67.9 Å². The van der Waals surface area contributed by atoms with Crippen molar-refractivity contribution in [3.8, 4) is 28.4 Å². The average Bonchev–Trinajstić information content (AvgIpc) is 3.18. The normalized spacial score (nSPS) is 11.6. The molecule has 0 aliphatic heterocycles. The standard InChI is InChI=1S/C26H24N4O3S2/c1-15(2)32-23-11-5-17-13-21(16-4-10-22-18(12-16)14-29(3)28-22)25(31)30(24(17)27-23)19-6-8-20(9-7-19)33-26(34)35/h4-15,26,34-35H,1-3H3. The zero-order valence-corrected chi connectivity index (χ0v) is 21.2. The first-order chi connectivity index (χ1) is 16.8. The average molecular weight is 505 g/mol. The highest BCUT2D eigenvalue weighted by Gasteiger charge is 2.16. The number of fused-ring (bicyclic) bond motifs is 2. The van der Waals surface area contributed by atoms with Gasteiger partial charge in [-0.15, -0.1) is 25.3 Å². The lowest BCUT2D eigenvalue weighted by Gasteiger charge is -2.15. The van der Waals surface area contributed by atoms with Crippen LogP contribution in [0.25, 0.3) is 38.8 Å². The Bertz CT molecular complexity index is 1590. The Labute approximate surface area is 213 Å². The molecule has 35 heavy (non-hydrogen) atoms. The summed E-state index contributed by atoms with van der Waals surface area (Å²) in [7, 11) is 1.88. The van der Waals surface area contributed by atoms with Crippen molar-refractivity contribution in [1.82, 2.24) is 19.3 Å². The highest BCUT2D eigenvalue weighted by Crippen LogP contribution is 2.27. The first-order valence-corrected chi connectivity index (χ1v) is 12.1. The molecule has 5 rings (SSSR count). The molecule has 0 spiro atoms. The highest BCUT2D eigenvalue weighted by molar-refractivity contribution is 7.98. The molecule has 0 fully saturated rings. The molecule has 0 amide bonds.